The molecule has 5 heteroatoms. The quantitative estimate of drug-likeness (QED) is 0.857. The predicted molar refractivity (Wildman–Crippen MR) is 72.0 cm³/mol. The zero-order valence-corrected chi connectivity index (χ0v) is 11.2. The predicted octanol–water partition coefficient (Wildman–Crippen LogP) is 2.39. The average Bonchev–Trinajstić information content (AvgIpc) is 2.37. The molecule has 1 aromatic carbocycles. The van der Waals surface area contributed by atoms with Crippen molar-refractivity contribution in [3.63, 3.8) is 0 Å². The number of halogens is 1. The molecule has 0 unspecified atom stereocenters. The van der Waals surface area contributed by atoms with Crippen LogP contribution in [0.4, 0.5) is 10.1 Å². The summed E-state index contributed by atoms with van der Waals surface area (Å²) in [5.41, 5.74) is 0.565. The number of nitrogens with one attached hydrogen (secondary N) is 1. The van der Waals surface area contributed by atoms with Crippen LogP contribution in [0, 0.1) is 17.1 Å². The van der Waals surface area contributed by atoms with E-state index in [2.05, 4.69) is 11.4 Å². The molecule has 0 fully saturated rings. The molecule has 0 aliphatic heterocycles. The van der Waals surface area contributed by atoms with Crippen molar-refractivity contribution in [2.45, 2.75) is 26.3 Å². The van der Waals surface area contributed by atoms with E-state index in [1.165, 1.54) is 24.3 Å². The fourth-order valence-electron chi connectivity index (χ4n) is 1.63. The number of hydrogen-bond acceptors (Lipinski definition) is 3. The lowest BCUT2D eigenvalue weighted by Crippen LogP contribution is -2.38. The number of nitriles is 1. The van der Waals surface area contributed by atoms with Gasteiger partial charge in [0.25, 0.3) is 0 Å². The van der Waals surface area contributed by atoms with Gasteiger partial charge in [-0.05, 0) is 38.1 Å². The Morgan fingerprint density at radius 3 is 2.58 bits per heavy atom. The van der Waals surface area contributed by atoms with Gasteiger partial charge in [-0.15, -0.1) is 0 Å². The lowest BCUT2D eigenvalue weighted by molar-refractivity contribution is -0.117. The number of amides is 1. The molecule has 1 aromatic rings. The highest BCUT2D eigenvalue weighted by Gasteiger charge is 2.13. The van der Waals surface area contributed by atoms with Crippen LogP contribution in [-0.4, -0.2) is 29.9 Å². The summed E-state index contributed by atoms with van der Waals surface area (Å²) in [4.78, 5) is 13.8. The monoisotopic (exact) mass is 263 g/mol. The number of benzene rings is 1. The van der Waals surface area contributed by atoms with E-state index >= 15 is 0 Å². The molecule has 0 saturated carbocycles. The summed E-state index contributed by atoms with van der Waals surface area (Å²) in [6.07, 6.45) is 0.391. The van der Waals surface area contributed by atoms with Crippen molar-refractivity contribution >= 4 is 11.6 Å². The van der Waals surface area contributed by atoms with Crippen LogP contribution in [0.3, 0.4) is 0 Å². The fourth-order valence-corrected chi connectivity index (χ4v) is 1.63. The fraction of sp³-hybridized carbons (Fsp3) is 0.429. The van der Waals surface area contributed by atoms with Crippen LogP contribution in [0.15, 0.2) is 24.3 Å². The molecule has 0 aromatic heterocycles. The van der Waals surface area contributed by atoms with E-state index in [1.807, 2.05) is 18.7 Å². The second-order valence-corrected chi connectivity index (χ2v) is 4.53. The highest BCUT2D eigenvalue weighted by molar-refractivity contribution is 5.92. The molecule has 4 nitrogen and oxygen atoms in total. The van der Waals surface area contributed by atoms with Gasteiger partial charge < -0.3 is 5.32 Å². The maximum absolute atomic E-state index is 12.7. The second-order valence-electron chi connectivity index (χ2n) is 4.53. The molecule has 1 N–H and O–H groups in total. The smallest absolute Gasteiger partial charge is 0.238 e. The van der Waals surface area contributed by atoms with Crippen molar-refractivity contribution < 1.29 is 9.18 Å². The summed E-state index contributed by atoms with van der Waals surface area (Å²) in [7, 11) is 0. The van der Waals surface area contributed by atoms with Crippen LogP contribution in [-0.2, 0) is 4.79 Å². The van der Waals surface area contributed by atoms with Gasteiger partial charge in [0.1, 0.15) is 5.82 Å². The Kier molecular flexibility index (Phi) is 5.97. The Balaban J connectivity index is 2.53. The number of anilines is 1. The number of rotatable bonds is 6. The molecule has 19 heavy (non-hydrogen) atoms. The first-order valence-electron chi connectivity index (χ1n) is 6.19. The van der Waals surface area contributed by atoms with Crippen LogP contribution >= 0.6 is 0 Å². The second kappa shape index (κ2) is 7.49. The lowest BCUT2D eigenvalue weighted by Gasteiger charge is -2.24. The third-order valence-electron chi connectivity index (χ3n) is 2.72. The van der Waals surface area contributed by atoms with Crippen molar-refractivity contribution in [1.82, 2.24) is 4.90 Å². The Labute approximate surface area is 112 Å². The van der Waals surface area contributed by atoms with Gasteiger partial charge in [-0.1, -0.05) is 0 Å². The van der Waals surface area contributed by atoms with Gasteiger partial charge in [0.05, 0.1) is 12.6 Å². The van der Waals surface area contributed by atoms with Crippen molar-refractivity contribution in [2.24, 2.45) is 0 Å². The van der Waals surface area contributed by atoms with Gasteiger partial charge in [-0.3, -0.25) is 9.69 Å². The molecule has 102 valence electrons. The van der Waals surface area contributed by atoms with Gasteiger partial charge >= 0.3 is 0 Å². The van der Waals surface area contributed by atoms with Crippen LogP contribution in [0.25, 0.3) is 0 Å². The Morgan fingerprint density at radius 2 is 2.05 bits per heavy atom. The largest absolute Gasteiger partial charge is 0.325 e. The first-order valence-corrected chi connectivity index (χ1v) is 6.19. The Morgan fingerprint density at radius 1 is 1.42 bits per heavy atom. The number of hydrogen-bond donors (Lipinski definition) is 1. The molecule has 1 rings (SSSR count). The topological polar surface area (TPSA) is 56.1 Å². The van der Waals surface area contributed by atoms with Crippen LogP contribution in [0.1, 0.15) is 20.3 Å². The lowest BCUT2D eigenvalue weighted by atomic mass is 10.2. The molecular weight excluding hydrogens is 245 g/mol. The molecule has 0 radical (unpaired) electrons. The number of carbonyl (C=O) groups excluding carboxylic acids is 1. The van der Waals surface area contributed by atoms with Gasteiger partial charge in [0, 0.05) is 24.7 Å². The summed E-state index contributed by atoms with van der Waals surface area (Å²) >= 11 is 0. The van der Waals surface area contributed by atoms with Crippen LogP contribution in [0.5, 0.6) is 0 Å². The zero-order valence-electron chi connectivity index (χ0n) is 11.2. The average molecular weight is 263 g/mol. The molecule has 1 amide bonds. The molecule has 0 aliphatic rings. The zero-order chi connectivity index (χ0) is 14.3. The molecule has 0 heterocycles. The highest BCUT2D eigenvalue weighted by atomic mass is 19.1. The van der Waals surface area contributed by atoms with Gasteiger partial charge in [0.15, 0.2) is 0 Å². The Bertz CT molecular complexity index is 451. The third kappa shape index (κ3) is 5.49. The van der Waals surface area contributed by atoms with Crippen LogP contribution < -0.4 is 5.32 Å². The van der Waals surface area contributed by atoms with E-state index in [0.29, 0.717) is 18.7 Å². The molecule has 0 atom stereocenters. The molecule has 0 bridgehead atoms. The highest BCUT2D eigenvalue weighted by Crippen LogP contribution is 2.08. The molecule has 0 aliphatic carbocycles. The Hall–Kier alpha value is -1.93. The van der Waals surface area contributed by atoms with Crippen LogP contribution in [0.2, 0.25) is 0 Å². The summed E-state index contributed by atoms with van der Waals surface area (Å²) in [6.45, 7) is 4.73. The normalized spacial score (nSPS) is 10.5. The van der Waals surface area contributed by atoms with E-state index < -0.39 is 0 Å². The van der Waals surface area contributed by atoms with Crippen molar-refractivity contribution in [1.29, 1.82) is 5.26 Å². The van der Waals surface area contributed by atoms with Gasteiger partial charge in [-0.25, -0.2) is 4.39 Å². The first-order chi connectivity index (χ1) is 9.02. The van der Waals surface area contributed by atoms with Gasteiger partial charge in [-0.2, -0.15) is 5.26 Å². The summed E-state index contributed by atoms with van der Waals surface area (Å²) < 4.78 is 12.7. The minimum atomic E-state index is -0.337. The van der Waals surface area contributed by atoms with Crippen molar-refractivity contribution in [3.05, 3.63) is 30.1 Å². The van der Waals surface area contributed by atoms with E-state index in [9.17, 15) is 9.18 Å². The van der Waals surface area contributed by atoms with Crippen molar-refractivity contribution in [2.75, 3.05) is 18.4 Å². The standard InChI is InChI=1S/C14H18FN3O/c1-11(2)18(9-3-8-16)10-14(19)17-13-6-4-12(15)5-7-13/h4-7,11H,3,9-10H2,1-2H3,(H,17,19). The molecule has 0 saturated heterocycles. The maximum atomic E-state index is 12.7. The minimum Gasteiger partial charge on any atom is -0.325 e. The van der Waals surface area contributed by atoms with E-state index in [1.54, 1.807) is 0 Å². The van der Waals surface area contributed by atoms with E-state index in [0.717, 1.165) is 0 Å². The van der Waals surface area contributed by atoms with E-state index in [-0.39, 0.29) is 24.3 Å². The SMILES string of the molecule is CC(C)N(CCC#N)CC(=O)Nc1ccc(F)cc1. The van der Waals surface area contributed by atoms with Gasteiger partial charge in [0.2, 0.25) is 5.91 Å². The molecular formula is C14H18FN3O. The summed E-state index contributed by atoms with van der Waals surface area (Å²) in [5, 5.41) is 11.3. The summed E-state index contributed by atoms with van der Waals surface area (Å²) in [6, 6.07) is 7.88. The maximum Gasteiger partial charge on any atom is 0.238 e. The van der Waals surface area contributed by atoms with E-state index in [4.69, 9.17) is 5.26 Å². The molecule has 0 spiro atoms. The van der Waals surface area contributed by atoms with Crippen molar-refractivity contribution in [3.8, 4) is 6.07 Å². The third-order valence-corrected chi connectivity index (χ3v) is 2.72. The number of carbonyl (C=O) groups is 1. The number of nitrogens with zero attached hydrogens (tertiary/aromatic N) is 2. The first kappa shape index (κ1) is 15.1. The minimum absolute atomic E-state index is 0.168. The summed E-state index contributed by atoms with van der Waals surface area (Å²) in [5.74, 6) is -0.505.